The minimum absolute atomic E-state index is 0. The molecule has 1 unspecified atom stereocenters. The molecular weight excluding hydrogens is 495 g/mol. The molecule has 1 atom stereocenters. The highest BCUT2D eigenvalue weighted by Gasteiger charge is 2.21. The summed E-state index contributed by atoms with van der Waals surface area (Å²) in [4.78, 5) is 16.5. The Bertz CT molecular complexity index is 646. The van der Waals surface area contributed by atoms with Gasteiger partial charge in [-0.15, -0.1) is 24.0 Å². The van der Waals surface area contributed by atoms with E-state index in [1.54, 1.807) is 7.05 Å². The average Bonchev–Trinajstić information content (AvgIpc) is 3.49. The van der Waals surface area contributed by atoms with Crippen LogP contribution in [0.1, 0.15) is 51.6 Å². The zero-order valence-corrected chi connectivity index (χ0v) is 20.9. The van der Waals surface area contributed by atoms with Crippen molar-refractivity contribution in [1.29, 1.82) is 0 Å². The fourth-order valence-electron chi connectivity index (χ4n) is 2.72. The van der Waals surface area contributed by atoms with E-state index in [-0.39, 0.29) is 30.0 Å². The molecule has 0 radical (unpaired) electrons. The van der Waals surface area contributed by atoms with Gasteiger partial charge in [-0.05, 0) is 51.5 Å². The smallest absolute Gasteiger partial charge is 0.408 e. The van der Waals surface area contributed by atoms with Gasteiger partial charge in [0.25, 0.3) is 0 Å². The Morgan fingerprint density at radius 1 is 1.20 bits per heavy atom. The maximum Gasteiger partial charge on any atom is 0.408 e. The first kappa shape index (κ1) is 26.5. The van der Waals surface area contributed by atoms with Crippen molar-refractivity contribution in [3.8, 4) is 0 Å². The molecule has 1 aliphatic carbocycles. The molecule has 170 valence electrons. The second-order valence-electron chi connectivity index (χ2n) is 8.36. The van der Waals surface area contributed by atoms with Crippen molar-refractivity contribution >= 4 is 36.0 Å². The lowest BCUT2D eigenvalue weighted by Gasteiger charge is -2.24. The standard InChI is InChI=1S/C22H36N4O3.HI/c1-22(2,3)29-21(27)26-19(18-9-6-5-7-10-18)15-25-20(23-4)24-13-8-14-28-16-17-11-12-17;/h5-7,9-10,17,19H,8,11-16H2,1-4H3,(H,26,27)(H2,23,24,25);1H. The van der Waals surface area contributed by atoms with E-state index in [4.69, 9.17) is 9.47 Å². The van der Waals surface area contributed by atoms with Gasteiger partial charge in [0.05, 0.1) is 6.04 Å². The van der Waals surface area contributed by atoms with Gasteiger partial charge in [-0.2, -0.15) is 0 Å². The number of nitrogens with one attached hydrogen (secondary N) is 3. The van der Waals surface area contributed by atoms with Crippen LogP contribution >= 0.6 is 24.0 Å². The van der Waals surface area contributed by atoms with Crippen molar-refractivity contribution in [3.63, 3.8) is 0 Å². The van der Waals surface area contributed by atoms with Crippen LogP contribution in [0.2, 0.25) is 0 Å². The molecule has 0 bridgehead atoms. The summed E-state index contributed by atoms with van der Waals surface area (Å²) in [5.74, 6) is 1.49. The molecule has 8 heteroatoms. The van der Waals surface area contributed by atoms with Gasteiger partial charge in [0, 0.05) is 33.4 Å². The van der Waals surface area contributed by atoms with Crippen LogP contribution in [0.15, 0.2) is 35.3 Å². The minimum Gasteiger partial charge on any atom is -0.444 e. The third kappa shape index (κ3) is 11.6. The summed E-state index contributed by atoms with van der Waals surface area (Å²) in [6.45, 7) is 8.46. The summed E-state index contributed by atoms with van der Waals surface area (Å²) in [5.41, 5.74) is 0.451. The number of hydrogen-bond acceptors (Lipinski definition) is 4. The summed E-state index contributed by atoms with van der Waals surface area (Å²) in [5, 5.41) is 9.51. The topological polar surface area (TPSA) is 84.0 Å². The van der Waals surface area contributed by atoms with Crippen LogP contribution in [-0.2, 0) is 9.47 Å². The lowest BCUT2D eigenvalue weighted by atomic mass is 10.1. The summed E-state index contributed by atoms with van der Waals surface area (Å²) < 4.78 is 11.1. The second-order valence-corrected chi connectivity index (χ2v) is 8.36. The Balaban J connectivity index is 0.00000450. The molecule has 0 heterocycles. The van der Waals surface area contributed by atoms with Gasteiger partial charge in [0.15, 0.2) is 5.96 Å². The van der Waals surface area contributed by atoms with Gasteiger partial charge in [-0.3, -0.25) is 4.99 Å². The van der Waals surface area contributed by atoms with Gasteiger partial charge in [-0.25, -0.2) is 4.79 Å². The van der Waals surface area contributed by atoms with Crippen molar-refractivity contribution in [3.05, 3.63) is 35.9 Å². The zero-order valence-electron chi connectivity index (χ0n) is 18.6. The van der Waals surface area contributed by atoms with Gasteiger partial charge in [0.2, 0.25) is 0 Å². The van der Waals surface area contributed by atoms with E-state index in [0.29, 0.717) is 12.5 Å². The predicted molar refractivity (Wildman–Crippen MR) is 131 cm³/mol. The molecule has 1 aromatic rings. The molecule has 1 aliphatic rings. The highest BCUT2D eigenvalue weighted by molar-refractivity contribution is 14.0. The number of hydrogen-bond donors (Lipinski definition) is 3. The van der Waals surface area contributed by atoms with Crippen LogP contribution in [0.5, 0.6) is 0 Å². The fourth-order valence-corrected chi connectivity index (χ4v) is 2.72. The number of nitrogens with zero attached hydrogens (tertiary/aromatic N) is 1. The fraction of sp³-hybridized carbons (Fsp3) is 0.636. The summed E-state index contributed by atoms with van der Waals surface area (Å²) >= 11 is 0. The molecule has 2 rings (SSSR count). The van der Waals surface area contributed by atoms with E-state index in [9.17, 15) is 4.79 Å². The second kappa shape index (κ2) is 13.7. The SMILES string of the molecule is CN=C(NCCCOCC1CC1)NCC(NC(=O)OC(C)(C)C)c1ccccc1.I. The van der Waals surface area contributed by atoms with Gasteiger partial charge in [-0.1, -0.05) is 30.3 Å². The van der Waals surface area contributed by atoms with Gasteiger partial charge < -0.3 is 25.4 Å². The number of amides is 1. The molecule has 1 saturated carbocycles. The van der Waals surface area contributed by atoms with E-state index < -0.39 is 11.7 Å². The Morgan fingerprint density at radius 2 is 1.90 bits per heavy atom. The maximum atomic E-state index is 12.3. The van der Waals surface area contributed by atoms with Crippen LogP contribution < -0.4 is 16.0 Å². The van der Waals surface area contributed by atoms with Crippen LogP contribution in [0.25, 0.3) is 0 Å². The normalized spacial score (nSPS) is 15.0. The number of halogens is 1. The van der Waals surface area contributed by atoms with E-state index in [2.05, 4.69) is 20.9 Å². The number of rotatable bonds is 10. The number of alkyl carbamates (subject to hydrolysis) is 1. The number of aliphatic imine (C=N–C) groups is 1. The lowest BCUT2D eigenvalue weighted by molar-refractivity contribution is 0.0504. The zero-order chi connectivity index (χ0) is 21.1. The first-order chi connectivity index (χ1) is 13.9. The van der Waals surface area contributed by atoms with Crippen molar-refractivity contribution in [2.45, 2.75) is 51.7 Å². The summed E-state index contributed by atoms with van der Waals surface area (Å²) in [6.07, 6.45) is 3.11. The molecule has 1 aromatic carbocycles. The van der Waals surface area contributed by atoms with Crippen molar-refractivity contribution in [2.24, 2.45) is 10.9 Å². The number of ether oxygens (including phenoxy) is 2. The Morgan fingerprint density at radius 3 is 2.50 bits per heavy atom. The third-order valence-electron chi connectivity index (χ3n) is 4.40. The molecule has 1 amide bonds. The van der Waals surface area contributed by atoms with Crippen LogP contribution in [0, 0.1) is 5.92 Å². The summed E-state index contributed by atoms with van der Waals surface area (Å²) in [7, 11) is 1.73. The minimum atomic E-state index is -0.544. The highest BCUT2D eigenvalue weighted by atomic mass is 127. The monoisotopic (exact) mass is 532 g/mol. The van der Waals surface area contributed by atoms with Crippen LogP contribution in [-0.4, -0.2) is 51.0 Å². The molecular formula is C22H37IN4O3. The Hall–Kier alpha value is -1.55. The molecule has 0 saturated heterocycles. The van der Waals surface area contributed by atoms with E-state index in [0.717, 1.165) is 37.7 Å². The molecule has 30 heavy (non-hydrogen) atoms. The van der Waals surface area contributed by atoms with Gasteiger partial charge in [0.1, 0.15) is 5.60 Å². The number of benzene rings is 1. The van der Waals surface area contributed by atoms with E-state index in [1.807, 2.05) is 51.1 Å². The van der Waals surface area contributed by atoms with Crippen molar-refractivity contribution in [2.75, 3.05) is 33.4 Å². The number of carbonyl (C=O) groups is 1. The van der Waals surface area contributed by atoms with Crippen LogP contribution in [0.3, 0.4) is 0 Å². The molecule has 3 N–H and O–H groups in total. The molecule has 0 aliphatic heterocycles. The molecule has 1 fully saturated rings. The van der Waals surface area contributed by atoms with Gasteiger partial charge >= 0.3 is 6.09 Å². The Kier molecular flexibility index (Phi) is 12.1. The first-order valence-corrected chi connectivity index (χ1v) is 10.4. The average molecular weight is 532 g/mol. The maximum absolute atomic E-state index is 12.3. The predicted octanol–water partition coefficient (Wildman–Crippen LogP) is 3.85. The van der Waals surface area contributed by atoms with Crippen molar-refractivity contribution in [1.82, 2.24) is 16.0 Å². The van der Waals surface area contributed by atoms with Crippen molar-refractivity contribution < 1.29 is 14.3 Å². The molecule has 7 nitrogen and oxygen atoms in total. The summed E-state index contributed by atoms with van der Waals surface area (Å²) in [6, 6.07) is 9.58. The number of guanidine groups is 1. The van der Waals surface area contributed by atoms with E-state index in [1.165, 1.54) is 12.8 Å². The first-order valence-electron chi connectivity index (χ1n) is 10.4. The number of carbonyl (C=O) groups excluding carboxylic acids is 1. The third-order valence-corrected chi connectivity index (χ3v) is 4.40. The molecule has 0 aromatic heterocycles. The van der Waals surface area contributed by atoms with Crippen LogP contribution in [0.4, 0.5) is 4.79 Å². The van der Waals surface area contributed by atoms with E-state index >= 15 is 0 Å². The quantitative estimate of drug-likeness (QED) is 0.185. The Labute approximate surface area is 197 Å². The largest absolute Gasteiger partial charge is 0.444 e. The highest BCUT2D eigenvalue weighted by Crippen LogP contribution is 2.28. The lowest BCUT2D eigenvalue weighted by Crippen LogP contribution is -2.44. The molecule has 0 spiro atoms.